The van der Waals surface area contributed by atoms with Gasteiger partial charge in [0, 0.05) is 24.8 Å². The lowest BCUT2D eigenvalue weighted by molar-refractivity contribution is 0.584. The standard InChI is InChI=1S/C16H21F2N5/c1-3-19-16(20-6-7-23-11-12(2)9-22-23)21-10-13-8-14(17)4-5-15(13)18/h4-5,8-9,11H,3,6-7,10H2,1-2H3,(H2,19,20,21). The van der Waals surface area contributed by atoms with E-state index in [0.717, 1.165) is 23.8 Å². The van der Waals surface area contributed by atoms with Crippen LogP contribution in [0.4, 0.5) is 8.78 Å². The van der Waals surface area contributed by atoms with Crippen molar-refractivity contribution in [3.05, 3.63) is 53.4 Å². The van der Waals surface area contributed by atoms with Crippen LogP contribution in [-0.2, 0) is 13.1 Å². The Morgan fingerprint density at radius 1 is 1.30 bits per heavy atom. The highest BCUT2D eigenvalue weighted by atomic mass is 19.1. The summed E-state index contributed by atoms with van der Waals surface area (Å²) in [4.78, 5) is 4.28. The minimum Gasteiger partial charge on any atom is -0.357 e. The largest absolute Gasteiger partial charge is 0.357 e. The molecule has 0 bridgehead atoms. The van der Waals surface area contributed by atoms with Crippen LogP contribution >= 0.6 is 0 Å². The smallest absolute Gasteiger partial charge is 0.191 e. The molecule has 0 unspecified atom stereocenters. The molecule has 0 amide bonds. The Hall–Kier alpha value is -2.44. The first-order chi connectivity index (χ1) is 11.1. The van der Waals surface area contributed by atoms with Gasteiger partial charge < -0.3 is 10.6 Å². The predicted molar refractivity (Wildman–Crippen MR) is 86.1 cm³/mol. The number of guanidine groups is 1. The van der Waals surface area contributed by atoms with Gasteiger partial charge in [0.15, 0.2) is 5.96 Å². The van der Waals surface area contributed by atoms with E-state index in [4.69, 9.17) is 0 Å². The Morgan fingerprint density at radius 3 is 2.83 bits per heavy atom. The topological polar surface area (TPSA) is 54.2 Å². The summed E-state index contributed by atoms with van der Waals surface area (Å²) in [5, 5.41) is 10.4. The zero-order chi connectivity index (χ0) is 16.7. The number of halogens is 2. The average Bonchev–Trinajstić information content (AvgIpc) is 2.93. The Balaban J connectivity index is 1.92. The SMILES string of the molecule is CCNC(=NCc1cc(F)ccc1F)NCCn1cc(C)cn1. The molecule has 0 atom stereocenters. The van der Waals surface area contributed by atoms with E-state index in [0.29, 0.717) is 25.6 Å². The Bertz CT molecular complexity index is 666. The van der Waals surface area contributed by atoms with Crippen LogP contribution in [0.25, 0.3) is 0 Å². The summed E-state index contributed by atoms with van der Waals surface area (Å²) in [5.74, 6) is -0.373. The van der Waals surface area contributed by atoms with Gasteiger partial charge in [-0.05, 0) is 37.6 Å². The van der Waals surface area contributed by atoms with Crippen molar-refractivity contribution in [2.24, 2.45) is 4.99 Å². The van der Waals surface area contributed by atoms with Gasteiger partial charge in [0.25, 0.3) is 0 Å². The first-order valence-electron chi connectivity index (χ1n) is 7.53. The number of hydrogen-bond donors (Lipinski definition) is 2. The zero-order valence-electron chi connectivity index (χ0n) is 13.3. The molecular formula is C16H21F2N5. The lowest BCUT2D eigenvalue weighted by atomic mass is 10.2. The molecule has 2 rings (SSSR count). The van der Waals surface area contributed by atoms with E-state index in [2.05, 4.69) is 20.7 Å². The van der Waals surface area contributed by atoms with Crippen LogP contribution in [0.3, 0.4) is 0 Å². The molecule has 2 aromatic rings. The molecule has 124 valence electrons. The predicted octanol–water partition coefficient (Wildman–Crippen LogP) is 2.23. The van der Waals surface area contributed by atoms with Gasteiger partial charge in [0.05, 0.1) is 19.3 Å². The third-order valence-corrected chi connectivity index (χ3v) is 3.16. The maximum Gasteiger partial charge on any atom is 0.191 e. The highest BCUT2D eigenvalue weighted by Crippen LogP contribution is 2.10. The summed E-state index contributed by atoms with van der Waals surface area (Å²) in [5.41, 5.74) is 1.33. The van der Waals surface area contributed by atoms with Crippen molar-refractivity contribution in [3.63, 3.8) is 0 Å². The van der Waals surface area contributed by atoms with Crippen LogP contribution in [0.5, 0.6) is 0 Å². The summed E-state index contributed by atoms with van der Waals surface area (Å²) < 4.78 is 28.6. The molecule has 5 nitrogen and oxygen atoms in total. The summed E-state index contributed by atoms with van der Waals surface area (Å²) in [6, 6.07) is 3.37. The fraction of sp³-hybridized carbons (Fsp3) is 0.375. The van der Waals surface area contributed by atoms with E-state index in [-0.39, 0.29) is 12.1 Å². The van der Waals surface area contributed by atoms with E-state index in [9.17, 15) is 8.78 Å². The maximum absolute atomic E-state index is 13.6. The third kappa shape index (κ3) is 5.36. The maximum atomic E-state index is 13.6. The number of nitrogens with zero attached hydrogens (tertiary/aromatic N) is 3. The first kappa shape index (κ1) is 16.9. The van der Waals surface area contributed by atoms with Crippen LogP contribution in [0, 0.1) is 18.6 Å². The van der Waals surface area contributed by atoms with Crippen LogP contribution < -0.4 is 10.6 Å². The van der Waals surface area contributed by atoms with E-state index < -0.39 is 11.6 Å². The van der Waals surface area contributed by atoms with Crippen LogP contribution in [0.15, 0.2) is 35.6 Å². The van der Waals surface area contributed by atoms with E-state index in [1.54, 1.807) is 6.20 Å². The third-order valence-electron chi connectivity index (χ3n) is 3.16. The number of nitrogens with one attached hydrogen (secondary N) is 2. The molecule has 0 aliphatic heterocycles. The fourth-order valence-corrected chi connectivity index (χ4v) is 2.05. The summed E-state index contributed by atoms with van der Waals surface area (Å²) in [6.07, 6.45) is 3.75. The Labute approximate surface area is 134 Å². The lowest BCUT2D eigenvalue weighted by Crippen LogP contribution is -2.38. The van der Waals surface area contributed by atoms with Crippen molar-refractivity contribution < 1.29 is 8.78 Å². The second-order valence-electron chi connectivity index (χ2n) is 5.14. The highest BCUT2D eigenvalue weighted by molar-refractivity contribution is 5.79. The number of aliphatic imine (C=N–C) groups is 1. The molecule has 23 heavy (non-hydrogen) atoms. The van der Waals surface area contributed by atoms with Crippen molar-refractivity contribution in [2.75, 3.05) is 13.1 Å². The van der Waals surface area contributed by atoms with Gasteiger partial charge in [-0.1, -0.05) is 0 Å². The van der Waals surface area contributed by atoms with Gasteiger partial charge >= 0.3 is 0 Å². The van der Waals surface area contributed by atoms with Crippen LogP contribution in [0.2, 0.25) is 0 Å². The number of aryl methyl sites for hydroxylation is 1. The van der Waals surface area contributed by atoms with Crippen molar-refractivity contribution in [3.8, 4) is 0 Å². The quantitative estimate of drug-likeness (QED) is 0.634. The molecule has 0 aliphatic rings. The Morgan fingerprint density at radius 2 is 2.13 bits per heavy atom. The molecule has 1 heterocycles. The van der Waals surface area contributed by atoms with Gasteiger partial charge in [-0.15, -0.1) is 0 Å². The van der Waals surface area contributed by atoms with Gasteiger partial charge in [0.2, 0.25) is 0 Å². The van der Waals surface area contributed by atoms with Crippen molar-refractivity contribution in [1.82, 2.24) is 20.4 Å². The molecule has 7 heteroatoms. The Kier molecular flexibility index (Phi) is 6.08. The second kappa shape index (κ2) is 8.26. The number of hydrogen-bond acceptors (Lipinski definition) is 2. The van der Waals surface area contributed by atoms with Crippen LogP contribution in [-0.4, -0.2) is 28.8 Å². The summed E-state index contributed by atoms with van der Waals surface area (Å²) in [7, 11) is 0. The number of benzene rings is 1. The number of rotatable bonds is 6. The zero-order valence-corrected chi connectivity index (χ0v) is 13.3. The van der Waals surface area contributed by atoms with Gasteiger partial charge in [0.1, 0.15) is 11.6 Å². The van der Waals surface area contributed by atoms with Crippen molar-refractivity contribution >= 4 is 5.96 Å². The summed E-state index contributed by atoms with van der Waals surface area (Å²) in [6.45, 7) is 5.98. The monoisotopic (exact) mass is 321 g/mol. The molecular weight excluding hydrogens is 300 g/mol. The van der Waals surface area contributed by atoms with Crippen LogP contribution in [0.1, 0.15) is 18.1 Å². The summed E-state index contributed by atoms with van der Waals surface area (Å²) >= 11 is 0. The van der Waals surface area contributed by atoms with Crippen molar-refractivity contribution in [1.29, 1.82) is 0 Å². The lowest BCUT2D eigenvalue weighted by Gasteiger charge is -2.11. The first-order valence-corrected chi connectivity index (χ1v) is 7.53. The molecule has 0 saturated carbocycles. The van der Waals surface area contributed by atoms with E-state index >= 15 is 0 Å². The van der Waals surface area contributed by atoms with Gasteiger partial charge in [-0.2, -0.15) is 5.10 Å². The van der Waals surface area contributed by atoms with E-state index in [1.807, 2.05) is 24.7 Å². The molecule has 2 N–H and O–H groups in total. The van der Waals surface area contributed by atoms with Crippen molar-refractivity contribution in [2.45, 2.75) is 26.9 Å². The highest BCUT2D eigenvalue weighted by Gasteiger charge is 2.04. The van der Waals surface area contributed by atoms with Gasteiger partial charge in [-0.3, -0.25) is 4.68 Å². The minimum absolute atomic E-state index is 0.0693. The number of aromatic nitrogens is 2. The normalized spacial score (nSPS) is 11.6. The van der Waals surface area contributed by atoms with Gasteiger partial charge in [-0.25, -0.2) is 13.8 Å². The molecule has 0 fully saturated rings. The molecule has 1 aromatic carbocycles. The molecule has 0 radical (unpaired) electrons. The minimum atomic E-state index is -0.469. The second-order valence-corrected chi connectivity index (χ2v) is 5.14. The van der Waals surface area contributed by atoms with E-state index in [1.165, 1.54) is 0 Å². The molecule has 1 aromatic heterocycles. The molecule has 0 saturated heterocycles. The fourth-order valence-electron chi connectivity index (χ4n) is 2.05. The molecule has 0 aliphatic carbocycles. The molecule has 0 spiro atoms. The average molecular weight is 321 g/mol.